The van der Waals surface area contributed by atoms with Crippen molar-refractivity contribution in [2.45, 2.75) is 13.3 Å². The molecule has 1 N–H and O–H groups in total. The minimum atomic E-state index is -0.422. The zero-order valence-corrected chi connectivity index (χ0v) is 10.6. The summed E-state index contributed by atoms with van der Waals surface area (Å²) in [5, 5.41) is 20.0. The average molecular weight is 254 g/mol. The van der Waals surface area contributed by atoms with E-state index in [4.69, 9.17) is 9.84 Å². The summed E-state index contributed by atoms with van der Waals surface area (Å²) in [6, 6.07) is 4.61. The monoisotopic (exact) mass is 254 g/mol. The zero-order chi connectivity index (χ0) is 13.5. The molecule has 18 heavy (non-hydrogen) atoms. The molecule has 0 unspecified atom stereocenters. The van der Waals surface area contributed by atoms with Crippen molar-refractivity contribution in [3.05, 3.63) is 28.3 Å². The molecule has 0 bridgehead atoms. The second-order valence-electron chi connectivity index (χ2n) is 3.82. The van der Waals surface area contributed by atoms with Gasteiger partial charge in [0, 0.05) is 25.2 Å². The lowest BCUT2D eigenvalue weighted by atomic mass is 10.2. The standard InChI is InChI=1S/C12H18N2O4/c1-3-6-13(7-8-15)12-9-10(18-2)4-5-11(12)14(16)17/h4-5,9,15H,3,6-8H2,1-2H3. The van der Waals surface area contributed by atoms with E-state index in [0.717, 1.165) is 6.42 Å². The van der Waals surface area contributed by atoms with Crippen LogP contribution in [-0.2, 0) is 0 Å². The summed E-state index contributed by atoms with van der Waals surface area (Å²) in [6.07, 6.45) is 0.842. The number of nitrogens with zero attached hydrogens (tertiary/aromatic N) is 2. The summed E-state index contributed by atoms with van der Waals surface area (Å²) < 4.78 is 5.08. The fourth-order valence-electron chi connectivity index (χ4n) is 1.78. The van der Waals surface area contributed by atoms with Crippen LogP contribution in [0.5, 0.6) is 5.75 Å². The lowest BCUT2D eigenvalue weighted by Gasteiger charge is -2.23. The molecule has 0 fully saturated rings. The molecule has 0 saturated heterocycles. The van der Waals surface area contributed by atoms with E-state index < -0.39 is 4.92 Å². The predicted octanol–water partition coefficient (Wildman–Crippen LogP) is 1.81. The summed E-state index contributed by atoms with van der Waals surface area (Å²) >= 11 is 0. The summed E-state index contributed by atoms with van der Waals surface area (Å²) in [6.45, 7) is 2.95. The Hall–Kier alpha value is -1.82. The molecular weight excluding hydrogens is 236 g/mol. The van der Waals surface area contributed by atoms with Gasteiger partial charge in [-0.25, -0.2) is 0 Å². The molecule has 1 rings (SSSR count). The molecule has 0 amide bonds. The molecular formula is C12H18N2O4. The normalized spacial score (nSPS) is 10.2. The van der Waals surface area contributed by atoms with Gasteiger partial charge in [-0.05, 0) is 12.5 Å². The van der Waals surface area contributed by atoms with E-state index in [1.807, 2.05) is 6.92 Å². The van der Waals surface area contributed by atoms with Gasteiger partial charge in [-0.2, -0.15) is 0 Å². The molecule has 0 radical (unpaired) electrons. The molecule has 0 atom stereocenters. The highest BCUT2D eigenvalue weighted by Gasteiger charge is 2.19. The number of aliphatic hydroxyl groups excluding tert-OH is 1. The number of ether oxygens (including phenoxy) is 1. The van der Waals surface area contributed by atoms with Gasteiger partial charge in [0.05, 0.1) is 18.6 Å². The third-order valence-corrected chi connectivity index (χ3v) is 2.58. The number of anilines is 1. The summed E-state index contributed by atoms with van der Waals surface area (Å²) in [7, 11) is 1.52. The number of rotatable bonds is 7. The van der Waals surface area contributed by atoms with E-state index >= 15 is 0 Å². The maximum atomic E-state index is 11.0. The average Bonchev–Trinajstić information content (AvgIpc) is 2.37. The van der Waals surface area contributed by atoms with E-state index in [9.17, 15) is 10.1 Å². The van der Waals surface area contributed by atoms with Gasteiger partial charge in [0.15, 0.2) is 0 Å². The molecule has 0 saturated carbocycles. The summed E-state index contributed by atoms with van der Waals surface area (Å²) in [4.78, 5) is 12.4. The van der Waals surface area contributed by atoms with Gasteiger partial charge in [0.1, 0.15) is 11.4 Å². The van der Waals surface area contributed by atoms with Crippen molar-refractivity contribution in [2.75, 3.05) is 31.7 Å². The fourth-order valence-corrected chi connectivity index (χ4v) is 1.78. The van der Waals surface area contributed by atoms with E-state index in [-0.39, 0.29) is 12.3 Å². The van der Waals surface area contributed by atoms with Crippen LogP contribution in [0.4, 0.5) is 11.4 Å². The second kappa shape index (κ2) is 6.80. The summed E-state index contributed by atoms with van der Waals surface area (Å²) in [5.41, 5.74) is 0.507. The van der Waals surface area contributed by atoms with Crippen molar-refractivity contribution >= 4 is 11.4 Å². The number of hydrogen-bond donors (Lipinski definition) is 1. The van der Waals surface area contributed by atoms with Gasteiger partial charge in [-0.3, -0.25) is 10.1 Å². The first-order chi connectivity index (χ1) is 8.63. The Morgan fingerprint density at radius 3 is 2.67 bits per heavy atom. The van der Waals surface area contributed by atoms with Gasteiger partial charge in [-0.1, -0.05) is 6.92 Å². The smallest absolute Gasteiger partial charge is 0.292 e. The van der Waals surface area contributed by atoms with Crippen molar-refractivity contribution in [1.82, 2.24) is 0 Å². The van der Waals surface area contributed by atoms with Gasteiger partial charge >= 0.3 is 0 Å². The topological polar surface area (TPSA) is 75.8 Å². The van der Waals surface area contributed by atoms with Crippen LogP contribution in [0.2, 0.25) is 0 Å². The summed E-state index contributed by atoms with van der Waals surface area (Å²) in [5.74, 6) is 0.564. The molecule has 6 heteroatoms. The molecule has 0 spiro atoms. The van der Waals surface area contributed by atoms with Gasteiger partial charge in [-0.15, -0.1) is 0 Å². The number of methoxy groups -OCH3 is 1. The van der Waals surface area contributed by atoms with Crippen LogP contribution in [0.15, 0.2) is 18.2 Å². The zero-order valence-electron chi connectivity index (χ0n) is 10.6. The Balaban J connectivity index is 3.18. The Kier molecular flexibility index (Phi) is 5.38. The van der Waals surface area contributed by atoms with E-state index in [1.165, 1.54) is 13.2 Å². The molecule has 100 valence electrons. The third kappa shape index (κ3) is 3.33. The van der Waals surface area contributed by atoms with Crippen molar-refractivity contribution in [1.29, 1.82) is 0 Å². The fraction of sp³-hybridized carbons (Fsp3) is 0.500. The molecule has 1 aromatic rings. The second-order valence-corrected chi connectivity index (χ2v) is 3.82. The highest BCUT2D eigenvalue weighted by Crippen LogP contribution is 2.32. The highest BCUT2D eigenvalue weighted by atomic mass is 16.6. The van der Waals surface area contributed by atoms with Crippen LogP contribution in [-0.4, -0.2) is 36.8 Å². The predicted molar refractivity (Wildman–Crippen MR) is 69.2 cm³/mol. The minimum Gasteiger partial charge on any atom is -0.497 e. The van der Waals surface area contributed by atoms with Crippen molar-refractivity contribution in [2.24, 2.45) is 0 Å². The van der Waals surface area contributed by atoms with Crippen LogP contribution in [0.25, 0.3) is 0 Å². The van der Waals surface area contributed by atoms with E-state index in [1.54, 1.807) is 17.0 Å². The quantitative estimate of drug-likeness (QED) is 0.593. The van der Waals surface area contributed by atoms with E-state index in [2.05, 4.69) is 0 Å². The highest BCUT2D eigenvalue weighted by molar-refractivity contribution is 5.65. The lowest BCUT2D eigenvalue weighted by molar-refractivity contribution is -0.384. The number of aliphatic hydroxyl groups is 1. The number of benzene rings is 1. The molecule has 0 aliphatic carbocycles. The minimum absolute atomic E-state index is 0.0256. The van der Waals surface area contributed by atoms with Crippen molar-refractivity contribution < 1.29 is 14.8 Å². The van der Waals surface area contributed by atoms with Gasteiger partial charge < -0.3 is 14.7 Å². The number of hydrogen-bond acceptors (Lipinski definition) is 5. The van der Waals surface area contributed by atoms with Crippen LogP contribution in [0.3, 0.4) is 0 Å². The first-order valence-electron chi connectivity index (χ1n) is 5.82. The van der Waals surface area contributed by atoms with Crippen LogP contribution >= 0.6 is 0 Å². The maximum Gasteiger partial charge on any atom is 0.292 e. The van der Waals surface area contributed by atoms with Crippen LogP contribution < -0.4 is 9.64 Å². The lowest BCUT2D eigenvalue weighted by Crippen LogP contribution is -2.28. The Bertz CT molecular complexity index is 403. The Morgan fingerprint density at radius 2 is 2.17 bits per heavy atom. The first-order valence-corrected chi connectivity index (χ1v) is 5.82. The van der Waals surface area contributed by atoms with Crippen LogP contribution in [0.1, 0.15) is 13.3 Å². The number of nitro benzene ring substituents is 1. The molecule has 0 aliphatic heterocycles. The molecule has 1 aromatic carbocycles. The van der Waals surface area contributed by atoms with E-state index in [0.29, 0.717) is 24.5 Å². The molecule has 6 nitrogen and oxygen atoms in total. The molecule has 0 aromatic heterocycles. The van der Waals surface area contributed by atoms with Gasteiger partial charge in [0.25, 0.3) is 5.69 Å². The maximum absolute atomic E-state index is 11.0. The Morgan fingerprint density at radius 1 is 1.44 bits per heavy atom. The number of nitro groups is 1. The van der Waals surface area contributed by atoms with Crippen LogP contribution in [0, 0.1) is 10.1 Å². The SMILES string of the molecule is CCCN(CCO)c1cc(OC)ccc1[N+](=O)[O-]. The van der Waals surface area contributed by atoms with Gasteiger partial charge in [0.2, 0.25) is 0 Å². The Labute approximate surface area is 106 Å². The molecule has 0 aliphatic rings. The molecule has 0 heterocycles. The van der Waals surface area contributed by atoms with Crippen molar-refractivity contribution in [3.63, 3.8) is 0 Å². The van der Waals surface area contributed by atoms with Crippen molar-refractivity contribution in [3.8, 4) is 5.75 Å². The first kappa shape index (κ1) is 14.2. The largest absolute Gasteiger partial charge is 0.497 e. The third-order valence-electron chi connectivity index (χ3n) is 2.58.